The van der Waals surface area contributed by atoms with Gasteiger partial charge in [0.25, 0.3) is 5.91 Å². The molecule has 1 unspecified atom stereocenters. The molecule has 194 valence electrons. The number of rotatable bonds is 14. The Morgan fingerprint density at radius 2 is 1.47 bits per heavy atom. The molecular formula is C28H36F2N4OS. The Kier molecular flexibility index (Phi) is 11.0. The van der Waals surface area contributed by atoms with E-state index >= 15 is 0 Å². The number of nitrogens with zero attached hydrogens (tertiary/aromatic N) is 3. The fourth-order valence-corrected chi connectivity index (χ4v) is 4.89. The van der Waals surface area contributed by atoms with Gasteiger partial charge in [0.2, 0.25) is 0 Å². The van der Waals surface area contributed by atoms with Gasteiger partial charge in [0.15, 0.2) is 0 Å². The maximum Gasteiger partial charge on any atom is 0.270 e. The average molecular weight is 515 g/mol. The molecule has 0 saturated heterocycles. The molecule has 5 nitrogen and oxygen atoms in total. The summed E-state index contributed by atoms with van der Waals surface area (Å²) in [5, 5.41) is 5.68. The molecule has 1 amide bonds. The lowest BCUT2D eigenvalue weighted by atomic mass is 10.1. The number of thiazole rings is 1. The van der Waals surface area contributed by atoms with Crippen molar-refractivity contribution < 1.29 is 13.6 Å². The zero-order valence-electron chi connectivity index (χ0n) is 21.3. The Morgan fingerprint density at radius 1 is 0.917 bits per heavy atom. The standard InChI is InChI=1S/C28H36F2N4OS/c1-4-33(5-2)16-6-7-21(3)31-28(35)26-20-36-27(32-26)19-34(17-22-8-12-24(29)13-9-22)18-23-10-14-25(30)15-11-23/h8-15,20-21H,4-7,16-19H2,1-3H3,(H,31,35). The fourth-order valence-electron chi connectivity index (χ4n) is 4.07. The summed E-state index contributed by atoms with van der Waals surface area (Å²) >= 11 is 1.45. The van der Waals surface area contributed by atoms with Gasteiger partial charge in [0, 0.05) is 24.5 Å². The third-order valence-corrected chi connectivity index (χ3v) is 7.00. The van der Waals surface area contributed by atoms with E-state index in [2.05, 4.69) is 33.9 Å². The monoisotopic (exact) mass is 514 g/mol. The van der Waals surface area contributed by atoms with E-state index in [0.29, 0.717) is 25.3 Å². The quantitative estimate of drug-likeness (QED) is 0.293. The zero-order chi connectivity index (χ0) is 25.9. The van der Waals surface area contributed by atoms with Gasteiger partial charge in [0.1, 0.15) is 22.3 Å². The SMILES string of the molecule is CCN(CC)CCCC(C)NC(=O)c1csc(CN(Cc2ccc(F)cc2)Cc2ccc(F)cc2)n1. The lowest BCUT2D eigenvalue weighted by Gasteiger charge is -2.21. The predicted octanol–water partition coefficient (Wildman–Crippen LogP) is 5.86. The Bertz CT molecular complexity index is 1020. The summed E-state index contributed by atoms with van der Waals surface area (Å²) in [6, 6.07) is 12.9. The first-order valence-electron chi connectivity index (χ1n) is 12.5. The molecule has 0 radical (unpaired) electrons. The van der Waals surface area contributed by atoms with Crippen molar-refractivity contribution in [1.29, 1.82) is 0 Å². The van der Waals surface area contributed by atoms with Crippen LogP contribution in [0.15, 0.2) is 53.9 Å². The number of nitrogens with one attached hydrogen (secondary N) is 1. The molecule has 2 aromatic carbocycles. The summed E-state index contributed by atoms with van der Waals surface area (Å²) in [5.41, 5.74) is 2.35. The van der Waals surface area contributed by atoms with E-state index in [1.165, 1.54) is 35.6 Å². The molecule has 1 heterocycles. The van der Waals surface area contributed by atoms with Crippen molar-refractivity contribution in [2.75, 3.05) is 19.6 Å². The topological polar surface area (TPSA) is 48.5 Å². The molecule has 36 heavy (non-hydrogen) atoms. The van der Waals surface area contributed by atoms with E-state index in [-0.39, 0.29) is 23.6 Å². The molecule has 1 N–H and O–H groups in total. The van der Waals surface area contributed by atoms with E-state index in [1.54, 1.807) is 29.6 Å². The van der Waals surface area contributed by atoms with Crippen LogP contribution < -0.4 is 5.32 Å². The van der Waals surface area contributed by atoms with E-state index in [1.807, 2.05) is 6.92 Å². The van der Waals surface area contributed by atoms with E-state index in [9.17, 15) is 13.6 Å². The van der Waals surface area contributed by atoms with Gasteiger partial charge in [0.05, 0.1) is 6.54 Å². The van der Waals surface area contributed by atoms with Crippen LogP contribution in [0.4, 0.5) is 8.78 Å². The first-order chi connectivity index (χ1) is 17.4. The van der Waals surface area contributed by atoms with Gasteiger partial charge in [-0.2, -0.15) is 0 Å². The summed E-state index contributed by atoms with van der Waals surface area (Å²) in [6.45, 7) is 11.1. The minimum Gasteiger partial charge on any atom is -0.348 e. The van der Waals surface area contributed by atoms with Crippen LogP contribution in [0.2, 0.25) is 0 Å². The number of carbonyl (C=O) groups excluding carboxylic acids is 1. The van der Waals surface area contributed by atoms with Crippen LogP contribution in [-0.2, 0) is 19.6 Å². The van der Waals surface area contributed by atoms with Gasteiger partial charge in [-0.3, -0.25) is 9.69 Å². The molecule has 3 aromatic rings. The molecule has 0 saturated carbocycles. The molecule has 0 fully saturated rings. The Morgan fingerprint density at radius 3 is 2.00 bits per heavy atom. The second kappa shape index (κ2) is 14.2. The summed E-state index contributed by atoms with van der Waals surface area (Å²) in [5.74, 6) is -0.708. The average Bonchev–Trinajstić information content (AvgIpc) is 3.33. The molecule has 8 heteroatoms. The summed E-state index contributed by atoms with van der Waals surface area (Å²) in [4.78, 5) is 21.9. The first kappa shape index (κ1) is 27.9. The van der Waals surface area contributed by atoms with Crippen molar-refractivity contribution in [3.8, 4) is 0 Å². The van der Waals surface area contributed by atoms with E-state index in [4.69, 9.17) is 0 Å². The molecule has 0 spiro atoms. The Hall–Kier alpha value is -2.68. The highest BCUT2D eigenvalue weighted by Crippen LogP contribution is 2.18. The van der Waals surface area contributed by atoms with E-state index in [0.717, 1.165) is 48.6 Å². The van der Waals surface area contributed by atoms with Gasteiger partial charge in [-0.15, -0.1) is 11.3 Å². The van der Waals surface area contributed by atoms with Gasteiger partial charge in [-0.1, -0.05) is 38.1 Å². The highest BCUT2D eigenvalue weighted by molar-refractivity contribution is 7.09. The number of hydrogen-bond acceptors (Lipinski definition) is 5. The molecule has 0 aliphatic rings. The molecule has 0 aliphatic heterocycles. The normalized spacial score (nSPS) is 12.3. The summed E-state index contributed by atoms with van der Waals surface area (Å²) in [6.07, 6.45) is 1.95. The number of benzene rings is 2. The van der Waals surface area contributed by atoms with Crippen LogP contribution in [0.5, 0.6) is 0 Å². The van der Waals surface area contributed by atoms with Crippen LogP contribution >= 0.6 is 11.3 Å². The van der Waals surface area contributed by atoms with Gasteiger partial charge in [-0.25, -0.2) is 13.8 Å². The number of hydrogen-bond donors (Lipinski definition) is 1. The Labute approximate surface area is 217 Å². The molecular weight excluding hydrogens is 478 g/mol. The first-order valence-corrected chi connectivity index (χ1v) is 13.4. The molecule has 0 bridgehead atoms. The third-order valence-electron chi connectivity index (χ3n) is 6.17. The summed E-state index contributed by atoms with van der Waals surface area (Å²) in [7, 11) is 0. The number of aromatic nitrogens is 1. The highest BCUT2D eigenvalue weighted by Gasteiger charge is 2.16. The van der Waals surface area contributed by atoms with E-state index < -0.39 is 0 Å². The maximum atomic E-state index is 13.4. The zero-order valence-corrected chi connectivity index (χ0v) is 22.2. The van der Waals surface area contributed by atoms with Crippen molar-refractivity contribution in [1.82, 2.24) is 20.1 Å². The molecule has 3 rings (SSSR count). The number of halogens is 2. The van der Waals surface area contributed by atoms with Gasteiger partial charge in [-0.05, 0) is 74.8 Å². The van der Waals surface area contributed by atoms with Crippen molar-refractivity contribution in [2.45, 2.75) is 59.3 Å². The summed E-state index contributed by atoms with van der Waals surface area (Å²) < 4.78 is 26.7. The van der Waals surface area contributed by atoms with Crippen molar-refractivity contribution in [3.63, 3.8) is 0 Å². The third kappa shape index (κ3) is 9.08. The maximum absolute atomic E-state index is 13.4. The van der Waals surface area contributed by atoms with Crippen LogP contribution in [0.25, 0.3) is 0 Å². The van der Waals surface area contributed by atoms with Crippen LogP contribution in [0.1, 0.15) is 60.2 Å². The minimum atomic E-state index is -0.276. The van der Waals surface area contributed by atoms with Gasteiger partial charge >= 0.3 is 0 Å². The smallest absolute Gasteiger partial charge is 0.270 e. The van der Waals surface area contributed by atoms with Crippen LogP contribution in [0.3, 0.4) is 0 Å². The largest absolute Gasteiger partial charge is 0.348 e. The van der Waals surface area contributed by atoms with Crippen LogP contribution in [-0.4, -0.2) is 46.4 Å². The lowest BCUT2D eigenvalue weighted by Crippen LogP contribution is -2.34. The van der Waals surface area contributed by atoms with Crippen LogP contribution in [0, 0.1) is 11.6 Å². The molecule has 1 aromatic heterocycles. The number of amides is 1. The van der Waals surface area contributed by atoms with Crippen molar-refractivity contribution >= 4 is 17.2 Å². The van der Waals surface area contributed by atoms with Gasteiger partial charge < -0.3 is 10.2 Å². The molecule has 1 atom stereocenters. The number of carbonyl (C=O) groups is 1. The predicted molar refractivity (Wildman–Crippen MR) is 142 cm³/mol. The van der Waals surface area contributed by atoms with Crippen molar-refractivity contribution in [2.24, 2.45) is 0 Å². The Balaban J connectivity index is 1.60. The second-order valence-corrected chi connectivity index (χ2v) is 10.0. The highest BCUT2D eigenvalue weighted by atomic mass is 32.1. The second-order valence-electron chi connectivity index (χ2n) is 9.07. The minimum absolute atomic E-state index is 0.0756. The van der Waals surface area contributed by atoms with Crippen molar-refractivity contribution in [3.05, 3.63) is 87.4 Å². The fraction of sp³-hybridized carbons (Fsp3) is 0.429. The lowest BCUT2D eigenvalue weighted by molar-refractivity contribution is 0.0932. The molecule has 0 aliphatic carbocycles.